The Labute approximate surface area is 125 Å². The number of carboxylic acids is 1. The number of rotatable bonds is 4. The first-order valence-corrected chi connectivity index (χ1v) is 6.77. The summed E-state index contributed by atoms with van der Waals surface area (Å²) in [5.41, 5.74) is 4.03. The van der Waals surface area contributed by atoms with Crippen LogP contribution in [0.4, 0.5) is 5.69 Å². The molecule has 0 bridgehead atoms. The topological polar surface area (TPSA) is 40.5 Å². The molecule has 0 saturated carbocycles. The highest BCUT2D eigenvalue weighted by Gasteiger charge is 2.10. The second-order valence-electron chi connectivity index (χ2n) is 5.22. The Bertz CT molecular complexity index is 670. The van der Waals surface area contributed by atoms with Gasteiger partial charge in [0.15, 0.2) is 0 Å². The monoisotopic (exact) mass is 281 g/mol. The zero-order valence-electron chi connectivity index (χ0n) is 12.5. The normalized spacial score (nSPS) is 11.3. The average molecular weight is 281 g/mol. The van der Waals surface area contributed by atoms with Crippen LogP contribution in [0.2, 0.25) is 0 Å². The van der Waals surface area contributed by atoms with Crippen LogP contribution in [0.25, 0.3) is 11.6 Å². The third-order valence-corrected chi connectivity index (χ3v) is 3.28. The van der Waals surface area contributed by atoms with E-state index in [0.717, 1.165) is 22.4 Å². The number of hydrogen-bond acceptors (Lipinski definition) is 2. The van der Waals surface area contributed by atoms with E-state index in [9.17, 15) is 9.90 Å². The summed E-state index contributed by atoms with van der Waals surface area (Å²) in [5, 5.41) is 9.45. The number of carboxylic acid groups (broad SMARTS) is 1. The van der Waals surface area contributed by atoms with E-state index in [4.69, 9.17) is 0 Å². The van der Waals surface area contributed by atoms with Gasteiger partial charge in [0, 0.05) is 19.8 Å². The van der Waals surface area contributed by atoms with Crippen molar-refractivity contribution in [1.82, 2.24) is 0 Å². The minimum absolute atomic E-state index is 0.302. The van der Waals surface area contributed by atoms with E-state index < -0.39 is 5.97 Å². The van der Waals surface area contributed by atoms with Gasteiger partial charge in [-0.1, -0.05) is 42.0 Å². The van der Waals surface area contributed by atoms with Crippen LogP contribution in [-0.2, 0) is 4.79 Å². The van der Waals surface area contributed by atoms with E-state index in [1.165, 1.54) is 0 Å². The van der Waals surface area contributed by atoms with Crippen LogP contribution in [0, 0.1) is 6.92 Å². The Morgan fingerprint density at radius 1 is 1.10 bits per heavy atom. The standard InChI is InChI=1S/C18H19NO2/c1-13-5-4-6-15(11-13)17(18(20)21)12-14-7-9-16(10-8-14)19(2)3/h4-12H,1-3H3,(H,20,21)/b17-12+. The third-order valence-electron chi connectivity index (χ3n) is 3.28. The molecule has 1 N–H and O–H groups in total. The number of hydrogen-bond donors (Lipinski definition) is 1. The van der Waals surface area contributed by atoms with Crippen molar-refractivity contribution in [3.63, 3.8) is 0 Å². The van der Waals surface area contributed by atoms with Gasteiger partial charge in [-0.2, -0.15) is 0 Å². The van der Waals surface area contributed by atoms with Crippen LogP contribution < -0.4 is 4.90 Å². The van der Waals surface area contributed by atoms with Crippen LogP contribution in [-0.4, -0.2) is 25.2 Å². The lowest BCUT2D eigenvalue weighted by Gasteiger charge is -2.12. The Hall–Kier alpha value is -2.55. The molecule has 0 heterocycles. The molecule has 0 amide bonds. The molecule has 0 radical (unpaired) electrons. The fraction of sp³-hybridized carbons (Fsp3) is 0.167. The fourth-order valence-electron chi connectivity index (χ4n) is 2.12. The van der Waals surface area contributed by atoms with Crippen LogP contribution in [0.3, 0.4) is 0 Å². The van der Waals surface area contributed by atoms with E-state index >= 15 is 0 Å². The molecule has 0 unspecified atom stereocenters. The predicted molar refractivity (Wildman–Crippen MR) is 87.5 cm³/mol. The van der Waals surface area contributed by atoms with Crippen molar-refractivity contribution in [3.8, 4) is 0 Å². The molecular weight excluding hydrogens is 262 g/mol. The molecule has 3 nitrogen and oxygen atoms in total. The molecule has 0 aliphatic rings. The second kappa shape index (κ2) is 6.27. The molecule has 108 valence electrons. The molecule has 2 rings (SSSR count). The first-order chi connectivity index (χ1) is 9.97. The average Bonchev–Trinajstić information content (AvgIpc) is 2.45. The highest BCUT2D eigenvalue weighted by molar-refractivity contribution is 6.20. The molecule has 2 aromatic carbocycles. The first-order valence-electron chi connectivity index (χ1n) is 6.77. The smallest absolute Gasteiger partial charge is 0.336 e. The van der Waals surface area contributed by atoms with Gasteiger partial charge < -0.3 is 10.0 Å². The number of nitrogens with zero attached hydrogens (tertiary/aromatic N) is 1. The third kappa shape index (κ3) is 3.72. The molecule has 0 aliphatic heterocycles. The minimum Gasteiger partial charge on any atom is -0.478 e. The predicted octanol–water partition coefficient (Wildman–Crippen LogP) is 3.69. The van der Waals surface area contributed by atoms with E-state index in [1.807, 2.05) is 74.4 Å². The Kier molecular flexibility index (Phi) is 4.43. The van der Waals surface area contributed by atoms with E-state index in [2.05, 4.69) is 0 Å². The molecule has 3 heteroatoms. The SMILES string of the molecule is Cc1cccc(/C(=C\c2ccc(N(C)C)cc2)C(=O)O)c1. The Balaban J connectivity index is 2.40. The molecule has 2 aromatic rings. The van der Waals surface area contributed by atoms with Gasteiger partial charge >= 0.3 is 5.97 Å². The first kappa shape index (κ1) is 14.9. The van der Waals surface area contributed by atoms with Gasteiger partial charge in [0.2, 0.25) is 0 Å². The van der Waals surface area contributed by atoms with Crippen LogP contribution in [0.5, 0.6) is 0 Å². The zero-order chi connectivity index (χ0) is 15.4. The Morgan fingerprint density at radius 3 is 2.29 bits per heavy atom. The maximum atomic E-state index is 11.5. The van der Waals surface area contributed by atoms with Gasteiger partial charge in [0.05, 0.1) is 5.57 Å². The molecule has 0 saturated heterocycles. The number of aryl methyl sites for hydroxylation is 1. The molecule has 21 heavy (non-hydrogen) atoms. The summed E-state index contributed by atoms with van der Waals surface area (Å²) in [7, 11) is 3.94. The molecule has 0 spiro atoms. The summed E-state index contributed by atoms with van der Waals surface area (Å²) in [5.74, 6) is -0.919. The number of anilines is 1. The largest absolute Gasteiger partial charge is 0.478 e. The second-order valence-corrected chi connectivity index (χ2v) is 5.22. The van der Waals surface area contributed by atoms with Crippen LogP contribution >= 0.6 is 0 Å². The lowest BCUT2D eigenvalue weighted by Crippen LogP contribution is -2.08. The highest BCUT2D eigenvalue weighted by atomic mass is 16.4. The summed E-state index contributed by atoms with van der Waals surface area (Å²) in [6.45, 7) is 1.95. The van der Waals surface area contributed by atoms with E-state index in [1.54, 1.807) is 6.08 Å². The Morgan fingerprint density at radius 2 is 1.76 bits per heavy atom. The summed E-state index contributed by atoms with van der Waals surface area (Å²) < 4.78 is 0. The number of carbonyl (C=O) groups is 1. The molecular formula is C18H19NO2. The molecule has 0 atom stereocenters. The maximum absolute atomic E-state index is 11.5. The van der Waals surface area contributed by atoms with Crippen LogP contribution in [0.15, 0.2) is 48.5 Å². The lowest BCUT2D eigenvalue weighted by molar-refractivity contribution is -0.130. The van der Waals surface area contributed by atoms with Crippen molar-refractivity contribution in [2.45, 2.75) is 6.92 Å². The quantitative estimate of drug-likeness (QED) is 0.686. The van der Waals surface area contributed by atoms with Gasteiger partial charge in [-0.15, -0.1) is 0 Å². The summed E-state index contributed by atoms with van der Waals surface area (Å²) in [6, 6.07) is 15.3. The molecule has 0 aromatic heterocycles. The summed E-state index contributed by atoms with van der Waals surface area (Å²) in [6.07, 6.45) is 1.70. The van der Waals surface area contributed by atoms with Gasteiger partial charge in [-0.05, 0) is 36.3 Å². The van der Waals surface area contributed by atoms with Gasteiger partial charge in [0.1, 0.15) is 0 Å². The van der Waals surface area contributed by atoms with Gasteiger partial charge in [0.25, 0.3) is 0 Å². The van der Waals surface area contributed by atoms with Gasteiger partial charge in [-0.3, -0.25) is 0 Å². The summed E-state index contributed by atoms with van der Waals surface area (Å²) >= 11 is 0. The van der Waals surface area contributed by atoms with Crippen molar-refractivity contribution in [3.05, 3.63) is 65.2 Å². The molecule has 0 fully saturated rings. The van der Waals surface area contributed by atoms with Crippen molar-refractivity contribution < 1.29 is 9.90 Å². The lowest BCUT2D eigenvalue weighted by atomic mass is 10.0. The van der Waals surface area contributed by atoms with E-state index in [0.29, 0.717) is 5.57 Å². The molecule has 0 aliphatic carbocycles. The zero-order valence-corrected chi connectivity index (χ0v) is 12.5. The van der Waals surface area contributed by atoms with Crippen molar-refractivity contribution in [2.75, 3.05) is 19.0 Å². The van der Waals surface area contributed by atoms with Crippen molar-refractivity contribution in [1.29, 1.82) is 0 Å². The fourth-order valence-corrected chi connectivity index (χ4v) is 2.12. The maximum Gasteiger partial charge on any atom is 0.336 e. The summed E-state index contributed by atoms with van der Waals surface area (Å²) in [4.78, 5) is 13.5. The number of aliphatic carboxylic acids is 1. The van der Waals surface area contributed by atoms with E-state index in [-0.39, 0.29) is 0 Å². The van der Waals surface area contributed by atoms with Gasteiger partial charge in [-0.25, -0.2) is 4.79 Å². The van der Waals surface area contributed by atoms with Crippen molar-refractivity contribution >= 4 is 23.3 Å². The number of benzene rings is 2. The van der Waals surface area contributed by atoms with Crippen LogP contribution in [0.1, 0.15) is 16.7 Å². The van der Waals surface area contributed by atoms with Crippen molar-refractivity contribution in [2.24, 2.45) is 0 Å². The minimum atomic E-state index is -0.919. The highest BCUT2D eigenvalue weighted by Crippen LogP contribution is 2.21.